The van der Waals surface area contributed by atoms with E-state index < -0.39 is 16.1 Å². The molecule has 1 aromatic rings. The fraction of sp³-hybridized carbons (Fsp3) is 0.429. The van der Waals surface area contributed by atoms with E-state index in [1.807, 2.05) is 12.1 Å². The lowest BCUT2D eigenvalue weighted by Gasteiger charge is -2.31. The van der Waals surface area contributed by atoms with E-state index in [1.165, 1.54) is 5.56 Å². The third kappa shape index (κ3) is 4.17. The smallest absolute Gasteiger partial charge is 0.0682 e. The number of nitrogens with two attached hydrogens (primary N) is 1. The molecular weight excluding hydrogens is 238 g/mol. The first-order chi connectivity index (χ1) is 7.60. The minimum Gasteiger partial charge on any atom is -0.399 e. The van der Waals surface area contributed by atoms with Crippen molar-refractivity contribution in [3.8, 4) is 0 Å². The molecule has 0 atom stereocenters. The third-order valence-electron chi connectivity index (χ3n) is 2.86. The van der Waals surface area contributed by atoms with E-state index in [4.69, 9.17) is 5.73 Å². The number of rotatable bonds is 3. The molecule has 2 N–H and O–H groups in total. The fourth-order valence-corrected chi connectivity index (χ4v) is 12.5. The van der Waals surface area contributed by atoms with Crippen LogP contribution in [0.5, 0.6) is 0 Å². The summed E-state index contributed by atoms with van der Waals surface area (Å²) in [6.45, 7) is 14.6. The van der Waals surface area contributed by atoms with Gasteiger partial charge in [0.1, 0.15) is 0 Å². The third-order valence-corrected chi connectivity index (χ3v) is 10.9. The second kappa shape index (κ2) is 4.82. The first kappa shape index (κ1) is 14.3. The van der Waals surface area contributed by atoms with E-state index >= 15 is 0 Å². The summed E-state index contributed by atoms with van der Waals surface area (Å²) in [6, 6.07) is 8.21. The Morgan fingerprint density at radius 1 is 0.882 bits per heavy atom. The number of nitrogen functional groups attached to an aromatic ring is 1. The van der Waals surface area contributed by atoms with Crippen LogP contribution in [0.15, 0.2) is 29.1 Å². The fourth-order valence-electron chi connectivity index (χ4n) is 2.32. The standard InChI is InChI=1S/C14H25NSi2/c1-16(2,3)14(17(4,5)6)11-12-7-9-13(15)10-8-12/h7-11H,15H2,1-6H3. The molecule has 0 unspecified atom stereocenters. The molecule has 0 heterocycles. The molecule has 0 radical (unpaired) electrons. The van der Waals surface area contributed by atoms with Crippen molar-refractivity contribution in [1.82, 2.24) is 0 Å². The monoisotopic (exact) mass is 263 g/mol. The summed E-state index contributed by atoms with van der Waals surface area (Å²) >= 11 is 0. The molecule has 0 spiro atoms. The summed E-state index contributed by atoms with van der Waals surface area (Å²) in [7, 11) is -2.45. The van der Waals surface area contributed by atoms with Gasteiger partial charge >= 0.3 is 0 Å². The van der Waals surface area contributed by atoms with Gasteiger partial charge in [0.05, 0.1) is 16.1 Å². The van der Waals surface area contributed by atoms with Gasteiger partial charge in [-0.1, -0.05) is 62.3 Å². The molecule has 1 nitrogen and oxygen atoms in total. The highest BCUT2D eigenvalue weighted by molar-refractivity contribution is 7.05. The zero-order chi connectivity index (χ0) is 13.3. The Kier molecular flexibility index (Phi) is 4.04. The van der Waals surface area contributed by atoms with Crippen LogP contribution in [-0.4, -0.2) is 16.1 Å². The maximum Gasteiger partial charge on any atom is 0.0682 e. The van der Waals surface area contributed by atoms with Crippen LogP contribution in [0.4, 0.5) is 5.69 Å². The molecule has 94 valence electrons. The van der Waals surface area contributed by atoms with Gasteiger partial charge in [-0.15, -0.1) is 0 Å². The van der Waals surface area contributed by atoms with E-state index in [0.717, 1.165) is 5.69 Å². The van der Waals surface area contributed by atoms with Gasteiger partial charge in [0.2, 0.25) is 0 Å². The molecule has 0 aliphatic heterocycles. The number of benzene rings is 1. The van der Waals surface area contributed by atoms with Gasteiger partial charge in [-0.3, -0.25) is 0 Å². The number of anilines is 1. The van der Waals surface area contributed by atoms with Gasteiger partial charge in [-0.2, -0.15) is 0 Å². The quantitative estimate of drug-likeness (QED) is 0.634. The van der Waals surface area contributed by atoms with Crippen molar-refractivity contribution < 1.29 is 0 Å². The highest BCUT2D eigenvalue weighted by Crippen LogP contribution is 2.27. The van der Waals surface area contributed by atoms with Crippen molar-refractivity contribution in [2.24, 2.45) is 0 Å². The molecule has 0 amide bonds. The second-order valence-corrected chi connectivity index (χ2v) is 17.3. The normalized spacial score (nSPS) is 12.4. The Hall–Kier alpha value is -0.806. The van der Waals surface area contributed by atoms with E-state index in [0.29, 0.717) is 0 Å². The second-order valence-electron chi connectivity index (χ2n) is 6.72. The van der Waals surface area contributed by atoms with Crippen LogP contribution in [0, 0.1) is 0 Å². The molecule has 0 aliphatic rings. The molecule has 1 rings (SSSR count). The van der Waals surface area contributed by atoms with Gasteiger partial charge < -0.3 is 5.73 Å². The van der Waals surface area contributed by atoms with Gasteiger partial charge in [-0.25, -0.2) is 0 Å². The predicted molar refractivity (Wildman–Crippen MR) is 85.5 cm³/mol. The molecule has 0 saturated carbocycles. The Morgan fingerprint density at radius 3 is 1.65 bits per heavy atom. The molecule has 17 heavy (non-hydrogen) atoms. The average Bonchev–Trinajstić information content (AvgIpc) is 2.13. The summed E-state index contributed by atoms with van der Waals surface area (Å²) < 4.78 is 0. The van der Waals surface area contributed by atoms with Crippen LogP contribution in [0.2, 0.25) is 39.3 Å². The van der Waals surface area contributed by atoms with Gasteiger partial charge in [0.15, 0.2) is 0 Å². The Labute approximate surface area is 108 Å². The zero-order valence-corrected chi connectivity index (χ0v) is 14.0. The molecule has 0 saturated heterocycles. The Morgan fingerprint density at radius 2 is 1.29 bits per heavy atom. The highest BCUT2D eigenvalue weighted by atomic mass is 28.4. The highest BCUT2D eigenvalue weighted by Gasteiger charge is 2.30. The van der Waals surface area contributed by atoms with E-state index in [9.17, 15) is 0 Å². The number of hydrogen-bond donors (Lipinski definition) is 1. The van der Waals surface area contributed by atoms with Crippen LogP contribution >= 0.6 is 0 Å². The van der Waals surface area contributed by atoms with Crippen molar-refractivity contribution in [3.05, 3.63) is 34.6 Å². The molecule has 0 aromatic heterocycles. The van der Waals surface area contributed by atoms with Crippen molar-refractivity contribution in [2.45, 2.75) is 39.3 Å². The molecule has 3 heteroatoms. The minimum atomic E-state index is -1.23. The molecule has 0 fully saturated rings. The first-order valence-corrected chi connectivity index (χ1v) is 13.2. The van der Waals surface area contributed by atoms with Gasteiger partial charge in [0, 0.05) is 5.69 Å². The zero-order valence-electron chi connectivity index (χ0n) is 12.0. The lowest BCUT2D eigenvalue weighted by atomic mass is 10.2. The molecule has 0 bridgehead atoms. The van der Waals surface area contributed by atoms with Crippen LogP contribution in [0.1, 0.15) is 5.56 Å². The Bertz CT molecular complexity index is 389. The summed E-state index contributed by atoms with van der Waals surface area (Å²) in [4.78, 5) is 1.73. The average molecular weight is 264 g/mol. The summed E-state index contributed by atoms with van der Waals surface area (Å²) in [6.07, 6.45) is 2.41. The van der Waals surface area contributed by atoms with Crippen LogP contribution in [-0.2, 0) is 0 Å². The minimum absolute atomic E-state index is 0.838. The van der Waals surface area contributed by atoms with E-state index in [1.54, 1.807) is 4.82 Å². The van der Waals surface area contributed by atoms with E-state index in [2.05, 4.69) is 57.5 Å². The summed E-state index contributed by atoms with van der Waals surface area (Å²) in [5, 5.41) is 0. The maximum atomic E-state index is 5.73. The first-order valence-electron chi connectivity index (χ1n) is 6.19. The summed E-state index contributed by atoms with van der Waals surface area (Å²) in [5.41, 5.74) is 7.85. The van der Waals surface area contributed by atoms with Crippen molar-refractivity contribution in [3.63, 3.8) is 0 Å². The summed E-state index contributed by atoms with van der Waals surface area (Å²) in [5.74, 6) is 0. The van der Waals surface area contributed by atoms with Gasteiger partial charge in [0.25, 0.3) is 0 Å². The largest absolute Gasteiger partial charge is 0.399 e. The molecule has 1 aromatic carbocycles. The van der Waals surface area contributed by atoms with Crippen LogP contribution < -0.4 is 5.73 Å². The van der Waals surface area contributed by atoms with Crippen molar-refractivity contribution >= 4 is 27.9 Å². The van der Waals surface area contributed by atoms with Crippen molar-refractivity contribution in [2.75, 3.05) is 5.73 Å². The molecular formula is C14H25NSi2. The predicted octanol–water partition coefficient (Wildman–Crippen LogP) is 4.41. The number of hydrogen-bond acceptors (Lipinski definition) is 1. The SMILES string of the molecule is C[Si](C)(C)C(=Cc1ccc(N)cc1)[Si](C)(C)C. The van der Waals surface area contributed by atoms with E-state index in [-0.39, 0.29) is 0 Å². The Balaban J connectivity index is 3.20. The maximum absolute atomic E-state index is 5.73. The van der Waals surface area contributed by atoms with Gasteiger partial charge in [-0.05, 0) is 17.7 Å². The van der Waals surface area contributed by atoms with Crippen molar-refractivity contribution in [1.29, 1.82) is 0 Å². The lowest BCUT2D eigenvalue weighted by molar-refractivity contribution is 1.61. The topological polar surface area (TPSA) is 26.0 Å². The lowest BCUT2D eigenvalue weighted by Crippen LogP contribution is -2.39. The molecule has 0 aliphatic carbocycles. The van der Waals surface area contributed by atoms with Crippen LogP contribution in [0.3, 0.4) is 0 Å². The van der Waals surface area contributed by atoms with Crippen LogP contribution in [0.25, 0.3) is 6.08 Å².